The Morgan fingerprint density at radius 3 is 2.61 bits per heavy atom. The number of nitrogens with zero attached hydrogens (tertiary/aromatic N) is 5. The molecule has 2 bridgehead atoms. The highest BCUT2D eigenvalue weighted by molar-refractivity contribution is 6.29. The minimum Gasteiger partial charge on any atom is -0.344 e. The third-order valence-corrected chi connectivity index (χ3v) is 7.69. The van der Waals surface area contributed by atoms with Crippen LogP contribution in [0.5, 0.6) is 0 Å². The largest absolute Gasteiger partial charge is 0.344 e. The van der Waals surface area contributed by atoms with E-state index in [1.807, 2.05) is 35.3 Å². The second-order valence-electron chi connectivity index (χ2n) is 9.13. The summed E-state index contributed by atoms with van der Waals surface area (Å²) >= 11 is 6.13. The van der Waals surface area contributed by atoms with Gasteiger partial charge in [-0.1, -0.05) is 18.5 Å². The van der Waals surface area contributed by atoms with Crippen LogP contribution in [0, 0.1) is 23.7 Å². The molecule has 0 radical (unpaired) electrons. The maximum absolute atomic E-state index is 6.13. The zero-order valence-corrected chi connectivity index (χ0v) is 18.3. The first kappa shape index (κ1) is 19.0. The molecule has 158 valence electrons. The third kappa shape index (κ3) is 3.33. The quantitative estimate of drug-likeness (QED) is 0.463. The van der Waals surface area contributed by atoms with E-state index in [0.717, 1.165) is 41.2 Å². The van der Waals surface area contributed by atoms with Crippen LogP contribution in [-0.2, 0) is 6.42 Å². The van der Waals surface area contributed by atoms with Crippen LogP contribution < -0.4 is 0 Å². The molecule has 7 heteroatoms. The van der Waals surface area contributed by atoms with Crippen LogP contribution in [-0.4, -0.2) is 29.5 Å². The molecule has 4 aromatic heterocycles. The van der Waals surface area contributed by atoms with E-state index in [4.69, 9.17) is 21.6 Å². The van der Waals surface area contributed by atoms with Crippen LogP contribution in [0.25, 0.3) is 28.4 Å². The second-order valence-corrected chi connectivity index (χ2v) is 9.51. The Morgan fingerprint density at radius 2 is 1.84 bits per heavy atom. The molecule has 4 heterocycles. The molecule has 4 aromatic rings. The Bertz CT molecular complexity index is 1220. The minimum absolute atomic E-state index is 0.363. The standard InChI is InChI=1S/C24H25ClN6/c1-14-15-4-6-16(7-5-15)18(14)10-17-11-21(31-8-2-3-9-31)30-23(28-17)19-12-26-24-22(19)29-20(25)13-27-24/h2-3,8-9,11-16,18H,4-7,10H2,1H3,(H,26,27)/t14-,15?,16?,18+/m0/s1. The highest BCUT2D eigenvalue weighted by Crippen LogP contribution is 2.49. The summed E-state index contributed by atoms with van der Waals surface area (Å²) in [6.07, 6.45) is 14.0. The van der Waals surface area contributed by atoms with Crippen molar-refractivity contribution in [3.05, 3.63) is 53.8 Å². The maximum Gasteiger partial charge on any atom is 0.165 e. The number of hydrogen-bond acceptors (Lipinski definition) is 4. The average Bonchev–Trinajstić information content (AvgIpc) is 3.46. The summed E-state index contributed by atoms with van der Waals surface area (Å²) < 4.78 is 2.04. The Kier molecular flexibility index (Phi) is 4.56. The highest BCUT2D eigenvalue weighted by Gasteiger charge is 2.41. The fourth-order valence-corrected chi connectivity index (χ4v) is 5.97. The molecule has 6 nitrogen and oxygen atoms in total. The van der Waals surface area contributed by atoms with Gasteiger partial charge in [0.2, 0.25) is 0 Å². The summed E-state index contributed by atoms with van der Waals surface area (Å²) in [5.41, 5.74) is 3.32. The first-order chi connectivity index (χ1) is 15.2. The van der Waals surface area contributed by atoms with Crippen LogP contribution in [0.4, 0.5) is 0 Å². The Balaban J connectivity index is 1.44. The van der Waals surface area contributed by atoms with E-state index in [1.165, 1.54) is 25.7 Å². The van der Waals surface area contributed by atoms with Crippen LogP contribution in [0.15, 0.2) is 43.0 Å². The van der Waals surface area contributed by atoms with Gasteiger partial charge in [0.25, 0.3) is 0 Å². The molecule has 7 rings (SSSR count). The molecule has 0 spiro atoms. The fourth-order valence-electron chi connectivity index (χ4n) is 5.84. The van der Waals surface area contributed by atoms with Crippen molar-refractivity contribution in [2.75, 3.05) is 0 Å². The summed E-state index contributed by atoms with van der Waals surface area (Å²) in [5, 5.41) is 0.363. The zero-order valence-electron chi connectivity index (χ0n) is 17.5. The number of rotatable bonds is 4. The molecule has 2 atom stereocenters. The van der Waals surface area contributed by atoms with Gasteiger partial charge < -0.3 is 9.55 Å². The number of aromatic amines is 1. The molecule has 3 aliphatic carbocycles. The van der Waals surface area contributed by atoms with Gasteiger partial charge >= 0.3 is 0 Å². The van der Waals surface area contributed by atoms with Crippen molar-refractivity contribution < 1.29 is 0 Å². The fraction of sp³-hybridized carbons (Fsp3) is 0.417. The van der Waals surface area contributed by atoms with E-state index >= 15 is 0 Å². The lowest BCUT2D eigenvalue weighted by Crippen LogP contribution is -2.39. The molecule has 3 aliphatic rings. The summed E-state index contributed by atoms with van der Waals surface area (Å²) in [6.45, 7) is 2.45. The van der Waals surface area contributed by atoms with Crippen LogP contribution in [0.2, 0.25) is 5.15 Å². The van der Waals surface area contributed by atoms with Gasteiger partial charge in [0.1, 0.15) is 16.5 Å². The van der Waals surface area contributed by atoms with Gasteiger partial charge in [0.05, 0.1) is 11.8 Å². The lowest BCUT2D eigenvalue weighted by Gasteiger charge is -2.47. The van der Waals surface area contributed by atoms with Crippen molar-refractivity contribution in [3.8, 4) is 17.2 Å². The number of aromatic nitrogens is 6. The Labute approximate surface area is 186 Å². The Hall–Kier alpha value is -2.73. The lowest BCUT2D eigenvalue weighted by molar-refractivity contribution is 0.0339. The van der Waals surface area contributed by atoms with Crippen LogP contribution >= 0.6 is 11.6 Å². The molecule has 0 saturated heterocycles. The van der Waals surface area contributed by atoms with Gasteiger partial charge in [-0.25, -0.2) is 19.9 Å². The smallest absolute Gasteiger partial charge is 0.165 e. The van der Waals surface area contributed by atoms with Gasteiger partial charge in [-0.05, 0) is 67.9 Å². The van der Waals surface area contributed by atoms with Crippen molar-refractivity contribution in [3.63, 3.8) is 0 Å². The first-order valence-corrected chi connectivity index (χ1v) is 11.5. The van der Waals surface area contributed by atoms with Crippen molar-refractivity contribution in [1.29, 1.82) is 0 Å². The molecule has 1 N–H and O–H groups in total. The molecular weight excluding hydrogens is 408 g/mol. The number of halogens is 1. The van der Waals surface area contributed by atoms with Gasteiger partial charge in [-0.3, -0.25) is 0 Å². The van der Waals surface area contributed by atoms with Crippen molar-refractivity contribution in [2.24, 2.45) is 23.7 Å². The zero-order chi connectivity index (χ0) is 20.9. The van der Waals surface area contributed by atoms with Gasteiger partial charge in [0.15, 0.2) is 11.5 Å². The highest BCUT2D eigenvalue weighted by atomic mass is 35.5. The number of hydrogen-bond donors (Lipinski definition) is 1. The van der Waals surface area contributed by atoms with Crippen molar-refractivity contribution in [1.82, 2.24) is 29.5 Å². The molecular formula is C24H25ClN6. The van der Waals surface area contributed by atoms with Gasteiger partial charge in [-0.2, -0.15) is 0 Å². The number of nitrogens with one attached hydrogen (secondary N) is 1. The molecule has 31 heavy (non-hydrogen) atoms. The normalized spacial score (nSPS) is 25.4. The number of H-pyrrole nitrogens is 1. The average molecular weight is 433 g/mol. The summed E-state index contributed by atoms with van der Waals surface area (Å²) in [5.74, 6) is 4.71. The van der Waals surface area contributed by atoms with Gasteiger partial charge in [0, 0.05) is 30.4 Å². The van der Waals surface area contributed by atoms with Gasteiger partial charge in [-0.15, -0.1) is 0 Å². The van der Waals surface area contributed by atoms with E-state index in [-0.39, 0.29) is 0 Å². The summed E-state index contributed by atoms with van der Waals surface area (Å²) in [4.78, 5) is 21.9. The van der Waals surface area contributed by atoms with Crippen LogP contribution in [0.3, 0.4) is 0 Å². The monoisotopic (exact) mass is 432 g/mol. The van der Waals surface area contributed by atoms with E-state index in [0.29, 0.717) is 28.1 Å². The third-order valence-electron chi connectivity index (χ3n) is 7.51. The Morgan fingerprint density at radius 1 is 1.06 bits per heavy atom. The SMILES string of the molecule is C[C@H]1C2CCC(CC2)[C@@H]1Cc1cc(-n2cccc2)nc(-c2c[nH]c3ncc(Cl)nc23)n1. The lowest BCUT2D eigenvalue weighted by atomic mass is 9.58. The van der Waals surface area contributed by atoms with E-state index in [2.05, 4.69) is 27.9 Å². The maximum atomic E-state index is 6.13. The van der Waals surface area contributed by atoms with E-state index in [9.17, 15) is 0 Å². The topological polar surface area (TPSA) is 72.3 Å². The molecule has 0 unspecified atom stereocenters. The first-order valence-electron chi connectivity index (χ1n) is 11.2. The summed E-state index contributed by atoms with van der Waals surface area (Å²) in [7, 11) is 0. The molecule has 3 saturated carbocycles. The summed E-state index contributed by atoms with van der Waals surface area (Å²) in [6, 6.07) is 6.17. The molecule has 0 aliphatic heterocycles. The van der Waals surface area contributed by atoms with Crippen molar-refractivity contribution >= 4 is 22.8 Å². The predicted octanol–water partition coefficient (Wildman–Crippen LogP) is 5.47. The minimum atomic E-state index is 0.363. The number of fused-ring (bicyclic) bond motifs is 4. The second kappa shape index (κ2) is 7.45. The molecule has 0 aromatic carbocycles. The molecule has 0 amide bonds. The van der Waals surface area contributed by atoms with E-state index < -0.39 is 0 Å². The van der Waals surface area contributed by atoms with Crippen LogP contribution in [0.1, 0.15) is 38.3 Å². The predicted molar refractivity (Wildman–Crippen MR) is 121 cm³/mol. The molecule has 3 fully saturated rings. The van der Waals surface area contributed by atoms with E-state index in [1.54, 1.807) is 6.20 Å². The van der Waals surface area contributed by atoms with Crippen molar-refractivity contribution in [2.45, 2.75) is 39.0 Å².